The minimum Gasteiger partial charge on any atom is -0.492 e. The highest BCUT2D eigenvalue weighted by Crippen LogP contribution is 2.36. The van der Waals surface area contributed by atoms with Crippen molar-refractivity contribution < 1.29 is 27.9 Å². The van der Waals surface area contributed by atoms with Gasteiger partial charge in [0.15, 0.2) is 4.75 Å². The second-order valence-corrected chi connectivity index (χ2v) is 10.1. The molecule has 2 fully saturated rings. The molecule has 2 N–H and O–H groups in total. The van der Waals surface area contributed by atoms with Crippen molar-refractivity contribution in [3.8, 4) is 5.75 Å². The first-order chi connectivity index (χ1) is 14.4. The second-order valence-electron chi connectivity index (χ2n) is 7.85. The zero-order valence-electron chi connectivity index (χ0n) is 17.8. The molecule has 0 atom stereocenters. The van der Waals surface area contributed by atoms with Gasteiger partial charge in [0, 0.05) is 50.8 Å². The highest BCUT2D eigenvalue weighted by atomic mass is 35.5. The predicted molar refractivity (Wildman–Crippen MR) is 117 cm³/mol. The summed E-state index contributed by atoms with van der Waals surface area (Å²) in [5.41, 5.74) is 2.48. The van der Waals surface area contributed by atoms with Crippen LogP contribution in [-0.4, -0.2) is 66.5 Å². The largest absolute Gasteiger partial charge is 0.492 e. The van der Waals surface area contributed by atoms with Gasteiger partial charge >= 0.3 is 0 Å². The molecule has 0 spiro atoms. The van der Waals surface area contributed by atoms with Crippen molar-refractivity contribution in [2.45, 2.75) is 56.1 Å². The molecule has 1 aromatic heterocycles. The van der Waals surface area contributed by atoms with Gasteiger partial charge in [0.05, 0.1) is 12.8 Å². The molecule has 0 unspecified atom stereocenters. The van der Waals surface area contributed by atoms with Crippen molar-refractivity contribution in [1.82, 2.24) is 14.8 Å². The van der Waals surface area contributed by atoms with E-state index < -0.39 is 20.7 Å². The summed E-state index contributed by atoms with van der Waals surface area (Å²) < 4.78 is 37.3. The van der Waals surface area contributed by atoms with E-state index in [4.69, 9.17) is 14.7 Å². The van der Waals surface area contributed by atoms with Crippen LogP contribution in [0.4, 0.5) is 0 Å². The van der Waals surface area contributed by atoms with E-state index in [1.54, 1.807) is 11.7 Å². The van der Waals surface area contributed by atoms with Gasteiger partial charge in [-0.25, -0.2) is 18.2 Å². The smallest absolute Gasteiger partial charge is 0.266 e. The topological polar surface area (TPSA) is 118 Å². The van der Waals surface area contributed by atoms with Gasteiger partial charge in [-0.1, -0.05) is 13.3 Å². The maximum absolute atomic E-state index is 13.3. The maximum atomic E-state index is 13.3. The average Bonchev–Trinajstić information content (AvgIpc) is 2.79. The normalized spacial score (nSPS) is 19.9. The van der Waals surface area contributed by atoms with Gasteiger partial charge < -0.3 is 9.47 Å². The number of hydroxylamine groups is 1. The third kappa shape index (κ3) is 5.48. The van der Waals surface area contributed by atoms with E-state index in [1.165, 1.54) is 4.31 Å². The summed E-state index contributed by atoms with van der Waals surface area (Å²) in [6, 6.07) is 3.85. The number of pyridine rings is 1. The molecular weight excluding hydrogens is 446 g/mol. The minimum absolute atomic E-state index is 0. The fourth-order valence-corrected chi connectivity index (χ4v) is 6.25. The van der Waals surface area contributed by atoms with Crippen molar-refractivity contribution in [3.05, 3.63) is 24.0 Å². The van der Waals surface area contributed by atoms with Crippen molar-refractivity contribution in [3.63, 3.8) is 0 Å². The lowest BCUT2D eigenvalue weighted by molar-refractivity contribution is -0.134. The molecule has 9 nitrogen and oxygen atoms in total. The Kier molecular flexibility index (Phi) is 9.50. The molecular formula is C20H32ClN3O6S. The van der Waals surface area contributed by atoms with E-state index in [0.717, 1.165) is 24.3 Å². The Balaban J connectivity index is 0.00000341. The number of unbranched alkanes of at least 4 members (excludes halogenated alkanes) is 1. The lowest BCUT2D eigenvalue weighted by Crippen LogP contribution is -2.60. The average molecular weight is 478 g/mol. The summed E-state index contributed by atoms with van der Waals surface area (Å²) in [7, 11) is -3.94. The molecule has 0 saturated carbocycles. The van der Waals surface area contributed by atoms with Gasteiger partial charge in [0.25, 0.3) is 5.91 Å². The summed E-state index contributed by atoms with van der Waals surface area (Å²) in [5, 5.41) is 9.15. The van der Waals surface area contributed by atoms with E-state index in [2.05, 4.69) is 11.9 Å². The van der Waals surface area contributed by atoms with Gasteiger partial charge in [0.2, 0.25) is 10.0 Å². The van der Waals surface area contributed by atoms with Crippen LogP contribution in [0.1, 0.15) is 57.1 Å². The number of sulfonamides is 1. The zero-order valence-corrected chi connectivity index (χ0v) is 19.4. The molecule has 0 aromatic carbocycles. The molecule has 3 rings (SSSR count). The first-order valence-electron chi connectivity index (χ1n) is 10.6. The molecule has 1 aromatic rings. The monoisotopic (exact) mass is 477 g/mol. The number of amides is 1. The van der Waals surface area contributed by atoms with Crippen LogP contribution in [0.15, 0.2) is 18.3 Å². The van der Waals surface area contributed by atoms with Crippen LogP contribution in [0.5, 0.6) is 5.75 Å². The quantitative estimate of drug-likeness (QED) is 0.335. The number of carbonyl (C=O) groups excluding carboxylic acids is 1. The SMILES string of the molecule is CCCCOc1ccc(C2CCN(S(=O)(=O)C3(C(=O)NO)CCOCC3)CC2)nc1.Cl. The number of rotatable bonds is 8. The third-order valence-electron chi connectivity index (χ3n) is 6.05. The van der Waals surface area contributed by atoms with Crippen molar-refractivity contribution in [1.29, 1.82) is 0 Å². The zero-order chi connectivity index (χ0) is 21.6. The molecule has 0 bridgehead atoms. The maximum Gasteiger partial charge on any atom is 0.266 e. The van der Waals surface area contributed by atoms with Gasteiger partial charge in [-0.15, -0.1) is 12.4 Å². The van der Waals surface area contributed by atoms with Gasteiger partial charge in [-0.2, -0.15) is 0 Å². The predicted octanol–water partition coefficient (Wildman–Crippen LogP) is 2.25. The highest BCUT2D eigenvalue weighted by Gasteiger charge is 2.54. The van der Waals surface area contributed by atoms with Crippen molar-refractivity contribution >= 4 is 28.3 Å². The lowest BCUT2D eigenvalue weighted by Gasteiger charge is -2.40. The van der Waals surface area contributed by atoms with E-state index in [-0.39, 0.29) is 44.4 Å². The first-order valence-corrected chi connectivity index (χ1v) is 12.0. The summed E-state index contributed by atoms with van der Waals surface area (Å²) in [4.78, 5) is 16.9. The second kappa shape index (κ2) is 11.4. The van der Waals surface area contributed by atoms with Gasteiger partial charge in [-0.05, 0) is 31.4 Å². The molecule has 1 amide bonds. The molecule has 0 radical (unpaired) electrons. The number of carbonyl (C=O) groups is 1. The first kappa shape index (κ1) is 25.8. The van der Waals surface area contributed by atoms with Gasteiger partial charge in [0.1, 0.15) is 5.75 Å². The van der Waals surface area contributed by atoms with Crippen molar-refractivity contribution in [2.75, 3.05) is 32.9 Å². The highest BCUT2D eigenvalue weighted by molar-refractivity contribution is 7.91. The molecule has 31 heavy (non-hydrogen) atoms. The van der Waals surface area contributed by atoms with Crippen LogP contribution in [0.3, 0.4) is 0 Å². The Morgan fingerprint density at radius 3 is 2.55 bits per heavy atom. The number of aromatic nitrogens is 1. The standard InChI is InChI=1S/C20H31N3O6S.ClH/c1-2-3-12-29-17-4-5-18(21-15-17)16-6-10-23(11-7-16)30(26,27)20(19(24)22-25)8-13-28-14-9-20;/h4-5,15-16,25H,2-3,6-14H2,1H3,(H,22,24);1H. The molecule has 3 heterocycles. The van der Waals surface area contributed by atoms with E-state index >= 15 is 0 Å². The van der Waals surface area contributed by atoms with E-state index in [0.29, 0.717) is 32.5 Å². The summed E-state index contributed by atoms with van der Waals surface area (Å²) >= 11 is 0. The number of hydrogen-bond acceptors (Lipinski definition) is 7. The Morgan fingerprint density at radius 2 is 2.00 bits per heavy atom. The fourth-order valence-electron chi connectivity index (χ4n) is 4.10. The van der Waals surface area contributed by atoms with Crippen molar-refractivity contribution in [2.24, 2.45) is 0 Å². The lowest BCUT2D eigenvalue weighted by atomic mass is 9.94. The van der Waals surface area contributed by atoms with Crippen LogP contribution in [-0.2, 0) is 19.6 Å². The van der Waals surface area contributed by atoms with E-state index in [9.17, 15) is 13.2 Å². The molecule has 176 valence electrons. The summed E-state index contributed by atoms with van der Waals surface area (Å²) in [5.74, 6) is 0.00962. The number of halogens is 1. The Labute approximate surface area is 189 Å². The van der Waals surface area contributed by atoms with Crippen LogP contribution >= 0.6 is 12.4 Å². The van der Waals surface area contributed by atoms with Crippen LogP contribution in [0.25, 0.3) is 0 Å². The fraction of sp³-hybridized carbons (Fsp3) is 0.700. The molecule has 2 aliphatic heterocycles. The minimum atomic E-state index is -3.94. The van der Waals surface area contributed by atoms with Crippen LogP contribution in [0.2, 0.25) is 0 Å². The third-order valence-corrected chi connectivity index (χ3v) is 8.67. The van der Waals surface area contributed by atoms with Crippen LogP contribution in [0, 0.1) is 0 Å². The summed E-state index contributed by atoms with van der Waals surface area (Å²) in [6.07, 6.45) is 5.09. The van der Waals surface area contributed by atoms with Gasteiger partial charge in [-0.3, -0.25) is 15.0 Å². The molecule has 2 saturated heterocycles. The molecule has 11 heteroatoms. The Hall–Kier alpha value is -1.46. The number of nitrogens with one attached hydrogen (secondary N) is 1. The summed E-state index contributed by atoms with van der Waals surface area (Å²) in [6.45, 7) is 3.73. The van der Waals surface area contributed by atoms with E-state index in [1.807, 2.05) is 12.1 Å². The molecule has 2 aliphatic rings. The Morgan fingerprint density at radius 1 is 1.32 bits per heavy atom. The number of nitrogens with zero attached hydrogens (tertiary/aromatic N) is 2. The van der Waals surface area contributed by atoms with Crippen LogP contribution < -0.4 is 10.2 Å². The number of piperidine rings is 1. The Bertz CT molecular complexity index is 807. The molecule has 0 aliphatic carbocycles. The number of hydrogen-bond donors (Lipinski definition) is 2. The number of ether oxygens (including phenoxy) is 2.